The molecule has 4 nitrogen and oxygen atoms in total. The number of piperidine rings is 1. The molecule has 5 heteroatoms. The van der Waals surface area contributed by atoms with E-state index in [2.05, 4.69) is 10.6 Å². The largest absolute Gasteiger partial charge is 0.390 e. The van der Waals surface area contributed by atoms with Gasteiger partial charge < -0.3 is 15.7 Å². The van der Waals surface area contributed by atoms with Crippen LogP contribution in [0.5, 0.6) is 0 Å². The number of rotatable bonds is 2. The molecule has 1 aliphatic heterocycles. The summed E-state index contributed by atoms with van der Waals surface area (Å²) in [6.45, 7) is 3.70. The minimum absolute atomic E-state index is 0. The summed E-state index contributed by atoms with van der Waals surface area (Å²) in [4.78, 5) is 12.6. The number of fused-ring (bicyclic) bond motifs is 1. The van der Waals surface area contributed by atoms with Gasteiger partial charge in [-0.05, 0) is 37.4 Å². The van der Waals surface area contributed by atoms with Crippen molar-refractivity contribution < 1.29 is 9.90 Å². The van der Waals surface area contributed by atoms with Gasteiger partial charge in [-0.25, -0.2) is 0 Å². The van der Waals surface area contributed by atoms with Crippen LogP contribution in [0.4, 0.5) is 0 Å². The van der Waals surface area contributed by atoms with Crippen LogP contribution < -0.4 is 10.6 Å². The number of halogens is 1. The van der Waals surface area contributed by atoms with E-state index >= 15 is 0 Å². The van der Waals surface area contributed by atoms with E-state index in [1.165, 1.54) is 0 Å². The summed E-state index contributed by atoms with van der Waals surface area (Å²) in [5.74, 6) is 0.0467. The van der Waals surface area contributed by atoms with Gasteiger partial charge in [0.2, 0.25) is 5.91 Å². The predicted molar refractivity (Wildman–Crippen MR) is 84.5 cm³/mol. The van der Waals surface area contributed by atoms with Gasteiger partial charge in [-0.3, -0.25) is 4.79 Å². The molecule has 3 atom stereocenters. The summed E-state index contributed by atoms with van der Waals surface area (Å²) in [6.07, 6.45) is 2.02. The highest BCUT2D eigenvalue weighted by Crippen LogP contribution is 2.33. The molecule has 3 N–H and O–H groups in total. The predicted octanol–water partition coefficient (Wildman–Crippen LogP) is 1.57. The molecule has 1 aromatic rings. The van der Waals surface area contributed by atoms with Gasteiger partial charge in [-0.2, -0.15) is 0 Å². The van der Waals surface area contributed by atoms with Crippen molar-refractivity contribution >= 4 is 18.3 Å². The summed E-state index contributed by atoms with van der Waals surface area (Å²) in [5, 5.41) is 16.6. The van der Waals surface area contributed by atoms with Gasteiger partial charge >= 0.3 is 0 Å². The topological polar surface area (TPSA) is 61.4 Å². The van der Waals surface area contributed by atoms with Crippen molar-refractivity contribution in [2.24, 2.45) is 5.41 Å². The third kappa shape index (κ3) is 3.07. The first kappa shape index (κ1) is 16.3. The Labute approximate surface area is 131 Å². The first-order valence-corrected chi connectivity index (χ1v) is 7.38. The third-order valence-corrected chi connectivity index (χ3v) is 4.64. The van der Waals surface area contributed by atoms with Crippen molar-refractivity contribution in [1.82, 2.24) is 10.6 Å². The molecule has 0 aromatic heterocycles. The number of hydrogen-bond donors (Lipinski definition) is 3. The number of nitrogens with one attached hydrogen (secondary N) is 2. The average molecular weight is 311 g/mol. The van der Waals surface area contributed by atoms with Crippen LogP contribution in [-0.2, 0) is 11.2 Å². The highest BCUT2D eigenvalue weighted by atomic mass is 35.5. The average Bonchev–Trinajstić information content (AvgIpc) is 2.76. The quantitative estimate of drug-likeness (QED) is 0.777. The molecule has 1 amide bonds. The van der Waals surface area contributed by atoms with Crippen molar-refractivity contribution in [2.75, 3.05) is 13.1 Å². The van der Waals surface area contributed by atoms with Crippen molar-refractivity contribution in [3.8, 4) is 0 Å². The van der Waals surface area contributed by atoms with Crippen LogP contribution in [-0.4, -0.2) is 30.2 Å². The van der Waals surface area contributed by atoms with Crippen LogP contribution in [0.25, 0.3) is 0 Å². The summed E-state index contributed by atoms with van der Waals surface area (Å²) in [5.41, 5.74) is 1.83. The Bertz CT molecular complexity index is 515. The van der Waals surface area contributed by atoms with Crippen molar-refractivity contribution in [3.63, 3.8) is 0 Å². The summed E-state index contributed by atoms with van der Waals surface area (Å²) in [6, 6.07) is 7.69. The summed E-state index contributed by atoms with van der Waals surface area (Å²) >= 11 is 0. The maximum atomic E-state index is 12.6. The van der Waals surface area contributed by atoms with Crippen LogP contribution in [0.3, 0.4) is 0 Å². The molecule has 1 aromatic carbocycles. The van der Waals surface area contributed by atoms with Gasteiger partial charge in [0, 0.05) is 13.0 Å². The SMILES string of the molecule is CC1(C(=O)NC2c3ccccc3CC2O)CCCNC1.Cl. The molecule has 2 aliphatic rings. The van der Waals surface area contributed by atoms with Gasteiger partial charge in [0.15, 0.2) is 0 Å². The Morgan fingerprint density at radius 1 is 1.43 bits per heavy atom. The molecule has 116 valence electrons. The van der Waals surface area contributed by atoms with Crippen LogP contribution in [0, 0.1) is 5.41 Å². The van der Waals surface area contributed by atoms with E-state index in [0.29, 0.717) is 13.0 Å². The summed E-state index contributed by atoms with van der Waals surface area (Å²) in [7, 11) is 0. The van der Waals surface area contributed by atoms with Crippen molar-refractivity contribution in [3.05, 3.63) is 35.4 Å². The van der Waals surface area contributed by atoms with E-state index in [-0.39, 0.29) is 29.8 Å². The summed E-state index contributed by atoms with van der Waals surface area (Å²) < 4.78 is 0. The Morgan fingerprint density at radius 3 is 2.90 bits per heavy atom. The third-order valence-electron chi connectivity index (χ3n) is 4.64. The highest BCUT2D eigenvalue weighted by Gasteiger charge is 2.39. The van der Waals surface area contributed by atoms with Gasteiger partial charge in [0.1, 0.15) is 0 Å². The second-order valence-corrected chi connectivity index (χ2v) is 6.26. The zero-order valence-electron chi connectivity index (χ0n) is 12.3. The number of carbonyl (C=O) groups is 1. The van der Waals surface area contributed by atoms with E-state index in [0.717, 1.165) is 30.5 Å². The minimum atomic E-state index is -0.517. The van der Waals surface area contributed by atoms with Crippen molar-refractivity contribution in [2.45, 2.75) is 38.3 Å². The zero-order valence-corrected chi connectivity index (χ0v) is 13.1. The smallest absolute Gasteiger partial charge is 0.227 e. The number of benzene rings is 1. The normalized spacial score (nSPS) is 31.1. The fraction of sp³-hybridized carbons (Fsp3) is 0.562. The number of aliphatic hydroxyl groups excluding tert-OH is 1. The number of aliphatic hydroxyl groups is 1. The fourth-order valence-electron chi connectivity index (χ4n) is 3.31. The van der Waals surface area contributed by atoms with Crippen LogP contribution in [0.15, 0.2) is 24.3 Å². The number of amides is 1. The van der Waals surface area contributed by atoms with Crippen LogP contribution in [0.2, 0.25) is 0 Å². The molecule has 21 heavy (non-hydrogen) atoms. The second-order valence-electron chi connectivity index (χ2n) is 6.26. The second kappa shape index (κ2) is 6.34. The van der Waals surface area contributed by atoms with Crippen molar-refractivity contribution in [1.29, 1.82) is 0 Å². The molecule has 1 aliphatic carbocycles. The Kier molecular flexibility index (Phi) is 4.91. The van der Waals surface area contributed by atoms with Gasteiger partial charge in [-0.15, -0.1) is 12.4 Å². The van der Waals surface area contributed by atoms with E-state index in [4.69, 9.17) is 0 Å². The fourth-order valence-corrected chi connectivity index (χ4v) is 3.31. The molecule has 0 radical (unpaired) electrons. The van der Waals surface area contributed by atoms with E-state index in [1.54, 1.807) is 0 Å². The van der Waals surface area contributed by atoms with Crippen LogP contribution in [0.1, 0.15) is 36.9 Å². The van der Waals surface area contributed by atoms with Gasteiger partial charge in [-0.1, -0.05) is 24.3 Å². The van der Waals surface area contributed by atoms with Gasteiger partial charge in [0.05, 0.1) is 17.6 Å². The molecule has 1 saturated heterocycles. The highest BCUT2D eigenvalue weighted by molar-refractivity contribution is 5.85. The first-order valence-electron chi connectivity index (χ1n) is 7.38. The number of hydrogen-bond acceptors (Lipinski definition) is 3. The Hall–Kier alpha value is -1.10. The molecule has 0 spiro atoms. The Morgan fingerprint density at radius 2 is 2.19 bits per heavy atom. The molecular weight excluding hydrogens is 288 g/mol. The lowest BCUT2D eigenvalue weighted by Crippen LogP contribution is -2.50. The number of carbonyl (C=O) groups excluding carboxylic acids is 1. The molecule has 1 fully saturated rings. The maximum absolute atomic E-state index is 12.6. The zero-order chi connectivity index (χ0) is 14.2. The minimum Gasteiger partial charge on any atom is -0.390 e. The van der Waals surface area contributed by atoms with E-state index < -0.39 is 6.10 Å². The lowest BCUT2D eigenvalue weighted by molar-refractivity contribution is -0.132. The first-order chi connectivity index (χ1) is 9.60. The van der Waals surface area contributed by atoms with E-state index in [1.807, 2.05) is 31.2 Å². The Balaban J connectivity index is 0.00000161. The molecule has 3 unspecified atom stereocenters. The molecular formula is C16H23ClN2O2. The molecule has 1 heterocycles. The maximum Gasteiger partial charge on any atom is 0.227 e. The standard InChI is InChI=1S/C16H22N2O2.ClH/c1-16(7-4-8-17-10-16)15(20)18-14-12-6-3-2-5-11(12)9-13(14)19;/h2-3,5-6,13-14,17,19H,4,7-10H2,1H3,(H,18,20);1H. The lowest BCUT2D eigenvalue weighted by Gasteiger charge is -2.34. The molecule has 0 bridgehead atoms. The van der Waals surface area contributed by atoms with Gasteiger partial charge in [0.25, 0.3) is 0 Å². The molecule has 3 rings (SSSR count). The monoisotopic (exact) mass is 310 g/mol. The van der Waals surface area contributed by atoms with Crippen LogP contribution >= 0.6 is 12.4 Å². The lowest BCUT2D eigenvalue weighted by atomic mass is 9.81. The molecule has 0 saturated carbocycles. The van der Waals surface area contributed by atoms with E-state index in [9.17, 15) is 9.90 Å².